The highest BCUT2D eigenvalue weighted by atomic mass is 32.2. The van der Waals surface area contributed by atoms with Crippen LogP contribution in [-0.4, -0.2) is 34.9 Å². The van der Waals surface area contributed by atoms with Crippen LogP contribution in [0.5, 0.6) is 0 Å². The lowest BCUT2D eigenvalue weighted by molar-refractivity contribution is -0.384. The van der Waals surface area contributed by atoms with E-state index < -0.39 is 23.4 Å². The zero-order valence-corrected chi connectivity index (χ0v) is 18.4. The number of carbonyl (C=O) groups excluding carboxylic acids is 2. The Kier molecular flexibility index (Phi) is 7.54. The first-order valence-corrected chi connectivity index (χ1v) is 10.9. The highest BCUT2D eigenvalue weighted by molar-refractivity contribution is 8.01. The van der Waals surface area contributed by atoms with Gasteiger partial charge in [0.15, 0.2) is 10.9 Å². The van der Waals surface area contributed by atoms with Crippen molar-refractivity contribution in [1.29, 1.82) is 5.26 Å². The Balaban J connectivity index is 1.79. The van der Waals surface area contributed by atoms with Gasteiger partial charge in [-0.1, -0.05) is 30.0 Å². The second kappa shape index (κ2) is 10.5. The van der Waals surface area contributed by atoms with Gasteiger partial charge in [0, 0.05) is 33.8 Å². The molecule has 3 aromatic rings. The molecule has 0 N–H and O–H groups in total. The van der Waals surface area contributed by atoms with Crippen molar-refractivity contribution in [2.24, 2.45) is 0 Å². The molecule has 0 aliphatic rings. The summed E-state index contributed by atoms with van der Waals surface area (Å²) in [4.78, 5) is 41.8. The highest BCUT2D eigenvalue weighted by Crippen LogP contribution is 2.34. The molecule has 0 unspecified atom stereocenters. The lowest BCUT2D eigenvalue weighted by Gasteiger charge is -2.19. The molecule has 3 rings (SSSR count). The fourth-order valence-electron chi connectivity index (χ4n) is 2.64. The molecule has 0 atom stereocenters. The van der Waals surface area contributed by atoms with E-state index in [2.05, 4.69) is 4.98 Å². The number of carbonyl (C=O) groups is 2. The van der Waals surface area contributed by atoms with E-state index in [1.807, 2.05) is 18.4 Å². The number of hydrogen-bond acceptors (Lipinski definition) is 9. The predicted octanol–water partition coefficient (Wildman–Crippen LogP) is 4.22. The number of non-ortho nitro benzene ring substituents is 1. The van der Waals surface area contributed by atoms with E-state index in [4.69, 9.17) is 10.00 Å². The molecule has 0 radical (unpaired) electrons. The number of benzene rings is 2. The smallest absolute Gasteiger partial charge is 0.340 e. The Morgan fingerprint density at radius 1 is 1.28 bits per heavy atom. The molecule has 0 spiro atoms. The molecule has 2 aromatic carbocycles. The van der Waals surface area contributed by atoms with E-state index in [1.54, 1.807) is 30.3 Å². The molecule has 0 saturated heterocycles. The molecule has 0 aliphatic carbocycles. The van der Waals surface area contributed by atoms with Crippen molar-refractivity contribution in [3.63, 3.8) is 0 Å². The number of esters is 1. The third kappa shape index (κ3) is 5.69. The summed E-state index contributed by atoms with van der Waals surface area (Å²) in [5, 5.41) is 22.1. The van der Waals surface area contributed by atoms with Crippen molar-refractivity contribution < 1.29 is 19.2 Å². The standard InChI is InChI=1S/C21H16N4O5S2/c1-14-13-31-21(23-14)32-18-8-7-16(25(28)29)11-17(18)20(27)30-12-19(26)24(10-9-22)15-5-3-2-4-6-15/h2-8,11,13H,10,12H2,1H3. The topological polar surface area (TPSA) is 126 Å². The first kappa shape index (κ1) is 22.9. The predicted molar refractivity (Wildman–Crippen MR) is 119 cm³/mol. The number of nitrogens with zero attached hydrogens (tertiary/aromatic N) is 4. The monoisotopic (exact) mass is 468 g/mol. The van der Waals surface area contributed by atoms with Crippen molar-refractivity contribution in [3.8, 4) is 6.07 Å². The fraction of sp³-hybridized carbons (Fsp3) is 0.143. The van der Waals surface area contributed by atoms with Crippen LogP contribution in [-0.2, 0) is 9.53 Å². The molecule has 162 valence electrons. The Labute approximate surface area is 191 Å². The van der Waals surface area contributed by atoms with Gasteiger partial charge >= 0.3 is 5.97 Å². The number of hydrogen-bond donors (Lipinski definition) is 0. The van der Waals surface area contributed by atoms with Crippen LogP contribution in [0.1, 0.15) is 16.1 Å². The molecule has 1 heterocycles. The number of amides is 1. The van der Waals surface area contributed by atoms with Crippen molar-refractivity contribution in [3.05, 3.63) is 75.3 Å². The Morgan fingerprint density at radius 2 is 2.03 bits per heavy atom. The lowest BCUT2D eigenvalue weighted by Crippen LogP contribution is -2.35. The molecular formula is C21H16N4O5S2. The number of nitriles is 1. The minimum Gasteiger partial charge on any atom is -0.452 e. The third-order valence-corrected chi connectivity index (χ3v) is 6.25. The molecule has 1 aromatic heterocycles. The van der Waals surface area contributed by atoms with Crippen LogP contribution in [0.4, 0.5) is 11.4 Å². The molecule has 11 heteroatoms. The quantitative estimate of drug-likeness (QED) is 0.208. The molecule has 0 aliphatic heterocycles. The maximum Gasteiger partial charge on any atom is 0.340 e. The van der Waals surface area contributed by atoms with Gasteiger partial charge in [0.1, 0.15) is 6.54 Å². The van der Waals surface area contributed by atoms with Gasteiger partial charge < -0.3 is 4.74 Å². The summed E-state index contributed by atoms with van der Waals surface area (Å²) < 4.78 is 5.82. The molecule has 32 heavy (non-hydrogen) atoms. The van der Waals surface area contributed by atoms with E-state index in [0.29, 0.717) is 14.9 Å². The summed E-state index contributed by atoms with van der Waals surface area (Å²) in [5.74, 6) is -1.48. The van der Waals surface area contributed by atoms with Gasteiger partial charge in [-0.05, 0) is 25.1 Å². The maximum absolute atomic E-state index is 12.7. The number of aryl methyl sites for hydroxylation is 1. The van der Waals surface area contributed by atoms with Crippen molar-refractivity contribution in [2.45, 2.75) is 16.2 Å². The number of nitro groups is 1. The van der Waals surface area contributed by atoms with Crippen LogP contribution in [0.25, 0.3) is 0 Å². The average molecular weight is 469 g/mol. The molecular weight excluding hydrogens is 452 g/mol. The molecule has 0 bridgehead atoms. The van der Waals surface area contributed by atoms with Gasteiger partial charge in [-0.3, -0.25) is 19.8 Å². The van der Waals surface area contributed by atoms with E-state index in [9.17, 15) is 19.7 Å². The number of anilines is 1. The normalized spacial score (nSPS) is 10.2. The van der Waals surface area contributed by atoms with Crippen molar-refractivity contribution in [1.82, 2.24) is 4.98 Å². The summed E-state index contributed by atoms with van der Waals surface area (Å²) in [5.41, 5.74) is 0.975. The van der Waals surface area contributed by atoms with E-state index >= 15 is 0 Å². The van der Waals surface area contributed by atoms with Crippen LogP contribution in [0, 0.1) is 28.4 Å². The SMILES string of the molecule is Cc1csc(Sc2ccc([N+](=O)[O-])cc2C(=O)OCC(=O)N(CC#N)c2ccccc2)n1. The highest BCUT2D eigenvalue weighted by Gasteiger charge is 2.22. The number of thiazole rings is 1. The zero-order chi connectivity index (χ0) is 23.1. The average Bonchev–Trinajstić information content (AvgIpc) is 3.20. The van der Waals surface area contributed by atoms with Crippen LogP contribution < -0.4 is 4.90 Å². The van der Waals surface area contributed by atoms with Crippen LogP contribution in [0.2, 0.25) is 0 Å². The summed E-state index contributed by atoms with van der Waals surface area (Å²) in [6, 6.07) is 14.3. The van der Waals surface area contributed by atoms with Crippen LogP contribution >= 0.6 is 23.1 Å². The first-order chi connectivity index (χ1) is 15.4. The minimum absolute atomic E-state index is 0.0450. The van der Waals surface area contributed by atoms with Gasteiger partial charge in [0.25, 0.3) is 11.6 Å². The first-order valence-electron chi connectivity index (χ1n) is 9.17. The van der Waals surface area contributed by atoms with Gasteiger partial charge in [0.05, 0.1) is 16.6 Å². The second-order valence-electron chi connectivity index (χ2n) is 6.34. The van der Waals surface area contributed by atoms with Crippen molar-refractivity contribution >= 4 is 46.3 Å². The van der Waals surface area contributed by atoms with Crippen molar-refractivity contribution in [2.75, 3.05) is 18.1 Å². The Hall–Kier alpha value is -3.75. The van der Waals surface area contributed by atoms with Gasteiger partial charge in [-0.25, -0.2) is 9.78 Å². The summed E-state index contributed by atoms with van der Waals surface area (Å²) in [6.45, 7) is 0.983. The minimum atomic E-state index is -0.886. The molecule has 0 saturated carbocycles. The number of rotatable bonds is 8. The second-order valence-corrected chi connectivity index (χ2v) is 8.49. The summed E-state index contributed by atoms with van der Waals surface area (Å²) in [7, 11) is 0. The summed E-state index contributed by atoms with van der Waals surface area (Å²) in [6.07, 6.45) is 0. The van der Waals surface area contributed by atoms with Gasteiger partial charge in [-0.2, -0.15) is 5.26 Å². The molecule has 1 amide bonds. The molecule has 0 fully saturated rings. The Bertz CT molecular complexity index is 1190. The molecule has 9 nitrogen and oxygen atoms in total. The number of nitro benzene ring substituents is 1. The number of para-hydroxylation sites is 1. The van der Waals surface area contributed by atoms with E-state index in [0.717, 1.165) is 11.8 Å². The zero-order valence-electron chi connectivity index (χ0n) is 16.8. The fourth-order valence-corrected chi connectivity index (χ4v) is 4.53. The number of aromatic nitrogens is 1. The van der Waals surface area contributed by atoms with Crippen LogP contribution in [0.3, 0.4) is 0 Å². The largest absolute Gasteiger partial charge is 0.452 e. The van der Waals surface area contributed by atoms with E-state index in [1.165, 1.54) is 40.1 Å². The van der Waals surface area contributed by atoms with Gasteiger partial charge in [0.2, 0.25) is 0 Å². The Morgan fingerprint density at radius 3 is 2.66 bits per heavy atom. The van der Waals surface area contributed by atoms with E-state index in [-0.39, 0.29) is 17.8 Å². The third-order valence-electron chi connectivity index (χ3n) is 4.11. The lowest BCUT2D eigenvalue weighted by atomic mass is 10.2. The van der Waals surface area contributed by atoms with Gasteiger partial charge in [-0.15, -0.1) is 11.3 Å². The van der Waals surface area contributed by atoms with Crippen LogP contribution in [0.15, 0.2) is 63.1 Å². The number of ether oxygens (including phenoxy) is 1. The summed E-state index contributed by atoms with van der Waals surface area (Å²) >= 11 is 2.55. The maximum atomic E-state index is 12.7.